The molecule has 0 aromatic rings. The largest absolute Gasteiger partial charge is 0.550 e. The number of rotatable bonds is 7. The molecular formula is C26H41O3-. The molecule has 0 radical (unpaired) electrons. The Morgan fingerprint density at radius 3 is 2.41 bits per heavy atom. The minimum atomic E-state index is -0.856. The maximum atomic E-state index is 12.4. The highest BCUT2D eigenvalue weighted by Gasteiger charge is 2.57. The van der Waals surface area contributed by atoms with E-state index in [-0.39, 0.29) is 34.4 Å². The van der Waals surface area contributed by atoms with Crippen LogP contribution in [-0.2, 0) is 9.59 Å². The molecule has 3 heteroatoms. The van der Waals surface area contributed by atoms with Crippen LogP contribution >= 0.6 is 0 Å². The molecule has 164 valence electrons. The van der Waals surface area contributed by atoms with Gasteiger partial charge < -0.3 is 9.90 Å². The molecule has 0 saturated heterocycles. The van der Waals surface area contributed by atoms with E-state index in [4.69, 9.17) is 0 Å². The Kier molecular flexibility index (Phi) is 6.65. The maximum absolute atomic E-state index is 12.4. The van der Waals surface area contributed by atoms with Gasteiger partial charge in [-0.15, -0.1) is 0 Å². The lowest BCUT2D eigenvalue weighted by Crippen LogP contribution is -2.53. The smallest absolute Gasteiger partial charge is 0.155 e. The normalized spacial score (nSPS) is 40.8. The van der Waals surface area contributed by atoms with Crippen molar-refractivity contribution in [3.05, 3.63) is 12.2 Å². The van der Waals surface area contributed by atoms with E-state index in [9.17, 15) is 14.7 Å². The fourth-order valence-corrected chi connectivity index (χ4v) is 7.38. The third kappa shape index (κ3) is 4.35. The van der Waals surface area contributed by atoms with Crippen LogP contribution < -0.4 is 5.11 Å². The van der Waals surface area contributed by atoms with Gasteiger partial charge in [0.15, 0.2) is 5.78 Å². The van der Waals surface area contributed by atoms with E-state index >= 15 is 0 Å². The Morgan fingerprint density at radius 1 is 1.10 bits per heavy atom. The molecular weight excluding hydrogens is 360 g/mol. The highest BCUT2D eigenvalue weighted by Crippen LogP contribution is 2.64. The average molecular weight is 402 g/mol. The van der Waals surface area contributed by atoms with Gasteiger partial charge in [0.25, 0.3) is 0 Å². The van der Waals surface area contributed by atoms with Crippen LogP contribution in [0, 0.1) is 46.3 Å². The summed E-state index contributed by atoms with van der Waals surface area (Å²) in [6.45, 7) is 11.5. The number of ketones is 1. The van der Waals surface area contributed by atoms with Crippen molar-refractivity contribution in [2.75, 3.05) is 0 Å². The number of carboxylic acid groups (broad SMARTS) is 1. The lowest BCUT2D eigenvalue weighted by molar-refractivity contribution is -0.319. The number of allylic oxidation sites excluding steroid dienone is 2. The number of carbonyl (C=O) groups is 2. The summed E-state index contributed by atoms with van der Waals surface area (Å²) >= 11 is 0. The second-order valence-electron chi connectivity index (χ2n) is 11.4. The van der Waals surface area contributed by atoms with Crippen molar-refractivity contribution in [1.29, 1.82) is 0 Å². The van der Waals surface area contributed by atoms with Gasteiger partial charge in [0.2, 0.25) is 0 Å². The van der Waals surface area contributed by atoms with Crippen molar-refractivity contribution >= 4 is 11.8 Å². The highest BCUT2D eigenvalue weighted by molar-refractivity contribution is 5.90. The molecule has 0 amide bonds. The van der Waals surface area contributed by atoms with E-state index in [2.05, 4.69) is 34.6 Å². The Balaban J connectivity index is 1.79. The summed E-state index contributed by atoms with van der Waals surface area (Å²) in [7, 11) is 0. The van der Waals surface area contributed by atoms with Crippen molar-refractivity contribution in [3.63, 3.8) is 0 Å². The van der Waals surface area contributed by atoms with E-state index < -0.39 is 5.97 Å². The van der Waals surface area contributed by atoms with Gasteiger partial charge in [0.1, 0.15) is 0 Å². The van der Waals surface area contributed by atoms with Crippen LogP contribution in [0.4, 0.5) is 0 Å². The summed E-state index contributed by atoms with van der Waals surface area (Å²) < 4.78 is 0. The van der Waals surface area contributed by atoms with Gasteiger partial charge in [-0.1, -0.05) is 60.0 Å². The van der Waals surface area contributed by atoms with Crippen LogP contribution in [0.25, 0.3) is 0 Å². The number of aliphatic carboxylic acids is 1. The summed E-state index contributed by atoms with van der Waals surface area (Å²) in [5.41, 5.74) is -0.0794. The number of carbonyl (C=O) groups excluding carboxylic acids is 2. The van der Waals surface area contributed by atoms with E-state index in [1.807, 2.05) is 6.08 Å². The molecule has 29 heavy (non-hydrogen) atoms. The molecule has 0 bridgehead atoms. The zero-order valence-corrected chi connectivity index (χ0v) is 19.2. The second kappa shape index (κ2) is 8.55. The van der Waals surface area contributed by atoms with Crippen molar-refractivity contribution < 1.29 is 14.7 Å². The number of carboxylic acids is 1. The summed E-state index contributed by atoms with van der Waals surface area (Å²) in [4.78, 5) is 24.1. The number of hydrogen-bond acceptors (Lipinski definition) is 3. The van der Waals surface area contributed by atoms with E-state index in [0.717, 1.165) is 38.0 Å². The van der Waals surface area contributed by atoms with Crippen molar-refractivity contribution in [1.82, 2.24) is 0 Å². The summed E-state index contributed by atoms with van der Waals surface area (Å²) in [6.07, 6.45) is 13.1. The molecule has 0 heterocycles. The molecule has 0 unspecified atom stereocenters. The first-order valence-electron chi connectivity index (χ1n) is 12.0. The van der Waals surface area contributed by atoms with Gasteiger partial charge in [-0.3, -0.25) is 4.79 Å². The predicted molar refractivity (Wildman–Crippen MR) is 115 cm³/mol. The molecule has 2 saturated carbocycles. The number of fused-ring (bicyclic) bond motifs is 1. The molecule has 0 N–H and O–H groups in total. The second-order valence-corrected chi connectivity index (χ2v) is 11.4. The molecule has 0 spiro atoms. The lowest BCUT2D eigenvalue weighted by atomic mass is 9.51. The number of hydrogen-bond donors (Lipinski definition) is 0. The zero-order valence-electron chi connectivity index (χ0n) is 19.2. The Morgan fingerprint density at radius 2 is 1.83 bits per heavy atom. The Bertz CT molecular complexity index is 650. The fourth-order valence-electron chi connectivity index (χ4n) is 7.38. The van der Waals surface area contributed by atoms with E-state index in [1.54, 1.807) is 6.08 Å². The van der Waals surface area contributed by atoms with Crippen LogP contribution in [0.1, 0.15) is 92.4 Å². The summed E-state index contributed by atoms with van der Waals surface area (Å²) in [5.74, 6) is 1.27. The average Bonchev–Trinajstić information content (AvgIpc) is 3.00. The third-order valence-electron chi connectivity index (χ3n) is 9.15. The minimum absolute atomic E-state index is 0.0879. The van der Waals surface area contributed by atoms with Crippen molar-refractivity contribution in [3.8, 4) is 0 Å². The topological polar surface area (TPSA) is 57.2 Å². The predicted octanol–water partition coefficient (Wildman–Crippen LogP) is 5.18. The van der Waals surface area contributed by atoms with Gasteiger partial charge in [0.05, 0.1) is 0 Å². The first-order valence-corrected chi connectivity index (χ1v) is 12.0. The standard InChI is InChI=1S/C26H42O3/c1-17(2)7-6-8-18(3)20-9-10-22-23(24(28)29)21(13-16-26(20,22)5)25(4)14-11-19(27)12-15-25/h11,14,17-18,20-23H,6-10,12-13,15-16H2,1-5H3,(H,28,29)/p-1/t18-,20-,21+,22+,23+,25-,26-/m1/s1. The molecule has 3 aliphatic rings. The van der Waals surface area contributed by atoms with Crippen LogP contribution in [0.5, 0.6) is 0 Å². The first kappa shape index (κ1) is 22.6. The van der Waals surface area contributed by atoms with Gasteiger partial charge in [-0.25, -0.2) is 0 Å². The van der Waals surface area contributed by atoms with Gasteiger partial charge >= 0.3 is 0 Å². The van der Waals surface area contributed by atoms with E-state index in [0.29, 0.717) is 18.3 Å². The van der Waals surface area contributed by atoms with Gasteiger partial charge in [-0.05, 0) is 78.6 Å². The van der Waals surface area contributed by atoms with E-state index in [1.165, 1.54) is 19.3 Å². The van der Waals surface area contributed by atoms with Crippen LogP contribution in [-0.4, -0.2) is 11.8 Å². The molecule has 3 rings (SSSR count). The van der Waals surface area contributed by atoms with Crippen LogP contribution in [0.2, 0.25) is 0 Å². The minimum Gasteiger partial charge on any atom is -0.550 e. The Labute approximate surface area is 177 Å². The molecule has 3 nitrogen and oxygen atoms in total. The lowest BCUT2D eigenvalue weighted by Gasteiger charge is -2.54. The summed E-state index contributed by atoms with van der Waals surface area (Å²) in [5, 5.41) is 12.4. The van der Waals surface area contributed by atoms with Crippen molar-refractivity contribution in [2.45, 2.75) is 92.4 Å². The first-order chi connectivity index (χ1) is 13.6. The SMILES string of the molecule is CC(C)CCC[C@@H](C)[C@H]1CC[C@H]2[C@@H](C(=O)[O-])[C@@H]([C@]3(C)C=CC(=O)CC3)CC[C@]12C. The van der Waals surface area contributed by atoms with Gasteiger partial charge in [-0.2, -0.15) is 0 Å². The van der Waals surface area contributed by atoms with Crippen molar-refractivity contribution in [2.24, 2.45) is 46.3 Å². The molecule has 3 aliphatic carbocycles. The fraction of sp³-hybridized carbons (Fsp3) is 0.846. The van der Waals surface area contributed by atoms with Gasteiger partial charge in [0, 0.05) is 18.3 Å². The quantitative estimate of drug-likeness (QED) is 0.590. The molecule has 2 fully saturated rings. The molecule has 7 atom stereocenters. The van der Waals surface area contributed by atoms with Crippen LogP contribution in [0.15, 0.2) is 12.2 Å². The maximum Gasteiger partial charge on any atom is 0.155 e. The monoisotopic (exact) mass is 401 g/mol. The Hall–Kier alpha value is -1.12. The zero-order chi connectivity index (χ0) is 21.4. The molecule has 0 aromatic carbocycles. The highest BCUT2D eigenvalue weighted by atomic mass is 16.4. The third-order valence-corrected chi connectivity index (χ3v) is 9.15. The van der Waals surface area contributed by atoms with Crippen LogP contribution in [0.3, 0.4) is 0 Å². The molecule has 0 aliphatic heterocycles. The summed E-state index contributed by atoms with van der Waals surface area (Å²) in [6, 6.07) is 0. The molecule has 0 aromatic heterocycles.